The fraction of sp³-hybridized carbons (Fsp3) is 0.600. The molecule has 3 atom stereocenters. The molecule has 2 aromatic rings. The molecule has 0 unspecified atom stereocenters. The fourth-order valence-electron chi connectivity index (χ4n) is 6.71. The van der Waals surface area contributed by atoms with Crippen molar-refractivity contribution in [2.24, 2.45) is 5.92 Å². The van der Waals surface area contributed by atoms with Crippen LogP contribution in [0.15, 0.2) is 36.5 Å². The number of carbonyl (C=O) groups is 4. The number of halogens is 1. The van der Waals surface area contributed by atoms with Crippen molar-refractivity contribution in [2.45, 2.75) is 96.7 Å². The molecule has 2 N–H and O–H groups in total. The van der Waals surface area contributed by atoms with Gasteiger partial charge in [-0.05, 0) is 69.5 Å². The Morgan fingerprint density at radius 3 is 2.28 bits per heavy atom. The number of likely N-dealkylation sites (N-methyl/N-ethyl adjacent to an activating group) is 1. The van der Waals surface area contributed by atoms with E-state index in [-0.39, 0.29) is 35.9 Å². The third-order valence-corrected chi connectivity index (χ3v) is 9.60. The lowest BCUT2D eigenvalue weighted by molar-refractivity contribution is -0.138. The number of rotatable bonds is 12. The van der Waals surface area contributed by atoms with Crippen molar-refractivity contribution >= 4 is 35.6 Å². The second kappa shape index (κ2) is 16.2. The lowest BCUT2D eigenvalue weighted by atomic mass is 9.89. The van der Waals surface area contributed by atoms with Gasteiger partial charge in [0.15, 0.2) is 0 Å². The summed E-state index contributed by atoms with van der Waals surface area (Å²) >= 11 is 0. The normalized spacial score (nSPS) is 18.4. The molecule has 10 nitrogen and oxygen atoms in total. The van der Waals surface area contributed by atoms with Crippen LogP contribution < -0.4 is 15.5 Å². The fourth-order valence-corrected chi connectivity index (χ4v) is 6.71. The summed E-state index contributed by atoms with van der Waals surface area (Å²) in [5.41, 5.74) is 0.535. The Bertz CT molecular complexity index is 1350. The minimum absolute atomic E-state index is 0.00389. The van der Waals surface area contributed by atoms with E-state index in [2.05, 4.69) is 15.5 Å². The molecule has 1 aromatic carbocycles. The zero-order valence-corrected chi connectivity index (χ0v) is 28.0. The standard InChI is InChI=1S/C35H51FN6O4/c1-6-30(44)38-32(35(46)40-20-18-39(5)19-21-40)25(4)27-15-16-29(28(36)22-27)37-34(45)33(26-12-9-7-8-10-13-26)42(23-43)31-14-11-17-41(31)24(2)3/h11,14-17,22-26,32-33H,6-10,12-13,18-21H2,1-5H3,(H,37,45)(H,38,44)/t25-,32+,33-/m0/s1. The summed E-state index contributed by atoms with van der Waals surface area (Å²) in [5, 5.41) is 5.66. The average molecular weight is 639 g/mol. The van der Waals surface area contributed by atoms with Crippen LogP contribution >= 0.6 is 0 Å². The van der Waals surface area contributed by atoms with Gasteiger partial charge in [0.1, 0.15) is 23.7 Å². The van der Waals surface area contributed by atoms with Gasteiger partial charge in [0.05, 0.1) is 5.69 Å². The molecular weight excluding hydrogens is 587 g/mol. The highest BCUT2D eigenvalue weighted by molar-refractivity contribution is 6.00. The molecule has 0 bridgehead atoms. The molecule has 4 rings (SSSR count). The predicted octanol–water partition coefficient (Wildman–Crippen LogP) is 4.92. The van der Waals surface area contributed by atoms with Gasteiger partial charge < -0.3 is 25.0 Å². The van der Waals surface area contributed by atoms with Gasteiger partial charge in [-0.1, -0.05) is 45.6 Å². The summed E-state index contributed by atoms with van der Waals surface area (Å²) in [6.45, 7) is 10.2. The number of aromatic nitrogens is 1. The van der Waals surface area contributed by atoms with Gasteiger partial charge in [0.25, 0.3) is 0 Å². The largest absolute Gasteiger partial charge is 0.344 e. The van der Waals surface area contributed by atoms with E-state index in [0.717, 1.165) is 51.6 Å². The smallest absolute Gasteiger partial charge is 0.247 e. The van der Waals surface area contributed by atoms with Crippen LogP contribution in [0.5, 0.6) is 0 Å². The number of carbonyl (C=O) groups excluding carboxylic acids is 4. The summed E-state index contributed by atoms with van der Waals surface area (Å²) in [7, 11) is 2.00. The highest BCUT2D eigenvalue weighted by atomic mass is 19.1. The molecule has 2 aliphatic rings. The number of anilines is 2. The van der Waals surface area contributed by atoms with E-state index in [9.17, 15) is 19.2 Å². The maximum atomic E-state index is 15.8. The van der Waals surface area contributed by atoms with Gasteiger partial charge in [0, 0.05) is 50.8 Å². The van der Waals surface area contributed by atoms with Crippen LogP contribution in [-0.2, 0) is 19.2 Å². The Balaban J connectivity index is 1.59. The molecule has 4 amide bonds. The van der Waals surface area contributed by atoms with Crippen molar-refractivity contribution in [3.8, 4) is 0 Å². The summed E-state index contributed by atoms with van der Waals surface area (Å²) in [6, 6.07) is 6.62. The summed E-state index contributed by atoms with van der Waals surface area (Å²) in [5.74, 6) is -1.49. The molecule has 1 aliphatic carbocycles. The van der Waals surface area contributed by atoms with Crippen molar-refractivity contribution in [1.82, 2.24) is 19.7 Å². The van der Waals surface area contributed by atoms with Gasteiger partial charge in [0.2, 0.25) is 24.1 Å². The first kappa shape index (κ1) is 35.1. The van der Waals surface area contributed by atoms with Crippen LogP contribution in [0.3, 0.4) is 0 Å². The molecule has 2 heterocycles. The lowest BCUT2D eigenvalue weighted by Crippen LogP contribution is -2.55. The zero-order valence-electron chi connectivity index (χ0n) is 28.0. The molecular formula is C35H51FN6O4. The quantitative estimate of drug-likeness (QED) is 0.254. The first-order valence-electron chi connectivity index (χ1n) is 16.8. The van der Waals surface area contributed by atoms with Crippen LogP contribution in [-0.4, -0.2) is 83.8 Å². The topological polar surface area (TPSA) is 107 Å². The molecule has 0 spiro atoms. The van der Waals surface area contributed by atoms with E-state index in [1.807, 2.05) is 43.8 Å². The number of piperazine rings is 1. The summed E-state index contributed by atoms with van der Waals surface area (Å²) < 4.78 is 17.7. The zero-order chi connectivity index (χ0) is 33.4. The van der Waals surface area contributed by atoms with Crippen molar-refractivity contribution in [2.75, 3.05) is 43.4 Å². The van der Waals surface area contributed by atoms with E-state index >= 15 is 4.39 Å². The minimum Gasteiger partial charge on any atom is -0.344 e. The van der Waals surface area contributed by atoms with Gasteiger partial charge in [-0.3, -0.25) is 24.1 Å². The third kappa shape index (κ3) is 8.34. The third-order valence-electron chi connectivity index (χ3n) is 9.60. The number of amides is 4. The molecule has 1 saturated carbocycles. The Morgan fingerprint density at radius 2 is 1.70 bits per heavy atom. The van der Waals surface area contributed by atoms with Crippen LogP contribution in [0.4, 0.5) is 15.9 Å². The van der Waals surface area contributed by atoms with Gasteiger partial charge >= 0.3 is 0 Å². The molecule has 0 radical (unpaired) electrons. The maximum absolute atomic E-state index is 15.8. The van der Waals surface area contributed by atoms with E-state index < -0.39 is 29.7 Å². The van der Waals surface area contributed by atoms with Gasteiger partial charge in [-0.2, -0.15) is 0 Å². The molecule has 46 heavy (non-hydrogen) atoms. The molecule has 2 fully saturated rings. The summed E-state index contributed by atoms with van der Waals surface area (Å²) in [4.78, 5) is 58.1. The second-order valence-corrected chi connectivity index (χ2v) is 13.1. The first-order chi connectivity index (χ1) is 22.0. The second-order valence-electron chi connectivity index (χ2n) is 13.1. The van der Waals surface area contributed by atoms with Crippen LogP contribution in [0, 0.1) is 11.7 Å². The van der Waals surface area contributed by atoms with Gasteiger partial charge in [-0.15, -0.1) is 0 Å². The highest BCUT2D eigenvalue weighted by Gasteiger charge is 2.37. The molecule has 11 heteroatoms. The number of nitrogens with zero attached hydrogens (tertiary/aromatic N) is 4. The predicted molar refractivity (Wildman–Crippen MR) is 178 cm³/mol. The SMILES string of the molecule is CCC(=O)N[C@@H](C(=O)N1CCN(C)CC1)[C@@H](C)c1ccc(NC(=O)[C@H](C2CCCCCC2)N(C=O)c2cccn2C(C)C)c(F)c1. The van der Waals surface area contributed by atoms with Crippen molar-refractivity contribution in [1.29, 1.82) is 0 Å². The first-order valence-corrected chi connectivity index (χ1v) is 16.8. The Labute approximate surface area is 272 Å². The summed E-state index contributed by atoms with van der Waals surface area (Å²) in [6.07, 6.45) is 8.53. The maximum Gasteiger partial charge on any atom is 0.247 e. The highest BCUT2D eigenvalue weighted by Crippen LogP contribution is 2.33. The van der Waals surface area contributed by atoms with Crippen molar-refractivity contribution < 1.29 is 23.6 Å². The lowest BCUT2D eigenvalue weighted by Gasteiger charge is -2.36. The van der Waals surface area contributed by atoms with Gasteiger partial charge in [-0.25, -0.2) is 4.39 Å². The molecule has 1 aliphatic heterocycles. The van der Waals surface area contributed by atoms with E-state index in [0.29, 0.717) is 30.9 Å². The van der Waals surface area contributed by atoms with E-state index in [4.69, 9.17) is 0 Å². The number of nitrogens with one attached hydrogen (secondary N) is 2. The van der Waals surface area contributed by atoms with E-state index in [1.54, 1.807) is 24.8 Å². The molecule has 1 aromatic heterocycles. The van der Waals surface area contributed by atoms with Crippen molar-refractivity contribution in [3.63, 3.8) is 0 Å². The number of hydrogen-bond acceptors (Lipinski definition) is 5. The minimum atomic E-state index is -0.853. The molecule has 252 valence electrons. The Kier molecular flexibility index (Phi) is 12.4. The molecule has 1 saturated heterocycles. The van der Waals surface area contributed by atoms with Crippen LogP contribution in [0.1, 0.15) is 90.2 Å². The Hall–Kier alpha value is -3.73. The van der Waals surface area contributed by atoms with E-state index in [1.165, 1.54) is 17.0 Å². The van der Waals surface area contributed by atoms with Crippen molar-refractivity contribution in [3.05, 3.63) is 47.9 Å². The number of hydrogen-bond donors (Lipinski definition) is 2. The Morgan fingerprint density at radius 1 is 1.02 bits per heavy atom. The van der Waals surface area contributed by atoms with Crippen LogP contribution in [0.2, 0.25) is 0 Å². The van der Waals surface area contributed by atoms with Crippen LogP contribution in [0.25, 0.3) is 0 Å². The average Bonchev–Trinajstić information content (AvgIpc) is 3.38. The monoisotopic (exact) mass is 638 g/mol. The number of benzene rings is 1.